The summed E-state index contributed by atoms with van der Waals surface area (Å²) in [6, 6.07) is 9.54. The van der Waals surface area contributed by atoms with E-state index in [1.807, 2.05) is 81.9 Å². The van der Waals surface area contributed by atoms with Crippen molar-refractivity contribution in [3.8, 4) is 0 Å². The summed E-state index contributed by atoms with van der Waals surface area (Å²) in [5.74, 6) is 0.745. The van der Waals surface area contributed by atoms with Gasteiger partial charge in [0, 0.05) is 26.0 Å². The molecule has 7 nitrogen and oxygen atoms in total. The number of imidazole rings is 1. The highest BCUT2D eigenvalue weighted by Crippen LogP contribution is 2.38. The quantitative estimate of drug-likeness (QED) is 0.757. The van der Waals surface area contributed by atoms with Crippen LogP contribution in [-0.4, -0.2) is 40.5 Å². The van der Waals surface area contributed by atoms with Gasteiger partial charge in [0.1, 0.15) is 12.4 Å². The van der Waals surface area contributed by atoms with Crippen molar-refractivity contribution in [2.45, 2.75) is 45.5 Å². The number of hydrogen-bond donors (Lipinski definition) is 1. The van der Waals surface area contributed by atoms with E-state index in [-0.39, 0.29) is 13.2 Å². The molecule has 2 aromatic rings. The van der Waals surface area contributed by atoms with Crippen molar-refractivity contribution in [3.63, 3.8) is 0 Å². The number of carbonyl (C=O) groups excluding carboxylic acids is 1. The third kappa shape index (κ3) is 5.08. The molecule has 2 heterocycles. The topological polar surface area (TPSA) is 74.6 Å². The van der Waals surface area contributed by atoms with Crippen molar-refractivity contribution in [1.29, 1.82) is 0 Å². The van der Waals surface area contributed by atoms with E-state index < -0.39 is 24.4 Å². The number of carbonyl (C=O) groups is 1. The van der Waals surface area contributed by atoms with Crippen LogP contribution in [0.25, 0.3) is 6.08 Å². The minimum absolute atomic E-state index is 0.210. The number of amides is 1. The molecule has 0 unspecified atom stereocenters. The molecule has 0 saturated carbocycles. The van der Waals surface area contributed by atoms with Gasteiger partial charge in [-0.15, -0.1) is 0 Å². The number of benzene rings is 1. The zero-order valence-corrected chi connectivity index (χ0v) is 17.6. The predicted molar refractivity (Wildman–Crippen MR) is 112 cm³/mol. The van der Waals surface area contributed by atoms with Crippen LogP contribution in [-0.2, 0) is 27.7 Å². The maximum Gasteiger partial charge on any atom is 0.492 e. The van der Waals surface area contributed by atoms with Crippen molar-refractivity contribution in [2.75, 3.05) is 6.54 Å². The standard InChI is InChI=1S/C21H28BN3O4/c1-20(2)21(3,4)29-22(28-20)17(13-18-23-11-12-25(18)5)14-24-19(26)27-15-16-9-7-6-8-10-16/h6-13H,14-15H2,1-5H3,(H,24,26). The lowest BCUT2D eigenvalue weighted by Crippen LogP contribution is -2.41. The van der Waals surface area contributed by atoms with E-state index in [9.17, 15) is 4.79 Å². The number of aromatic nitrogens is 2. The molecule has 0 spiro atoms. The van der Waals surface area contributed by atoms with Crippen molar-refractivity contribution >= 4 is 19.3 Å². The second-order valence-electron chi connectivity index (χ2n) is 8.12. The van der Waals surface area contributed by atoms with Gasteiger partial charge in [-0.1, -0.05) is 30.3 Å². The fourth-order valence-corrected chi connectivity index (χ4v) is 2.83. The Kier molecular flexibility index (Phi) is 6.14. The largest absolute Gasteiger partial charge is 0.492 e. The minimum atomic E-state index is -0.592. The Morgan fingerprint density at radius 3 is 2.45 bits per heavy atom. The van der Waals surface area contributed by atoms with Crippen LogP contribution in [0.1, 0.15) is 39.1 Å². The van der Waals surface area contributed by atoms with Crippen molar-refractivity contribution in [2.24, 2.45) is 7.05 Å². The van der Waals surface area contributed by atoms with Crippen molar-refractivity contribution in [3.05, 3.63) is 59.6 Å². The SMILES string of the molecule is Cn1ccnc1C=C(CNC(=O)OCc1ccccc1)B1OC(C)(C)C(C)(C)O1. The van der Waals surface area contributed by atoms with E-state index in [0.717, 1.165) is 16.9 Å². The Morgan fingerprint density at radius 2 is 1.86 bits per heavy atom. The molecule has 1 aromatic carbocycles. The van der Waals surface area contributed by atoms with E-state index in [2.05, 4.69) is 10.3 Å². The zero-order chi connectivity index (χ0) is 21.1. The molecule has 1 aliphatic heterocycles. The normalized spacial score (nSPS) is 18.0. The Bertz CT molecular complexity index is 861. The highest BCUT2D eigenvalue weighted by Gasteiger charge is 2.52. The molecule has 0 aliphatic carbocycles. The lowest BCUT2D eigenvalue weighted by Gasteiger charge is -2.32. The monoisotopic (exact) mass is 397 g/mol. The van der Waals surface area contributed by atoms with Gasteiger partial charge in [-0.25, -0.2) is 9.78 Å². The molecule has 1 N–H and O–H groups in total. The van der Waals surface area contributed by atoms with Gasteiger partial charge in [0.25, 0.3) is 0 Å². The van der Waals surface area contributed by atoms with Crippen LogP contribution in [0.3, 0.4) is 0 Å². The minimum Gasteiger partial charge on any atom is -0.445 e. The van der Waals surface area contributed by atoms with Gasteiger partial charge in [0.05, 0.1) is 11.2 Å². The second kappa shape index (κ2) is 8.43. The number of ether oxygens (including phenoxy) is 1. The average molecular weight is 397 g/mol. The molecular formula is C21H28BN3O4. The number of aryl methyl sites for hydroxylation is 1. The van der Waals surface area contributed by atoms with E-state index in [4.69, 9.17) is 14.0 Å². The van der Waals surface area contributed by atoms with Gasteiger partial charge in [0.2, 0.25) is 0 Å². The summed E-state index contributed by atoms with van der Waals surface area (Å²) >= 11 is 0. The lowest BCUT2D eigenvalue weighted by molar-refractivity contribution is 0.00578. The third-order valence-electron chi connectivity index (χ3n) is 5.38. The molecule has 1 aromatic heterocycles. The molecule has 0 bridgehead atoms. The molecule has 1 saturated heterocycles. The molecule has 1 fully saturated rings. The molecule has 3 rings (SSSR count). The first-order valence-electron chi connectivity index (χ1n) is 9.66. The molecule has 0 radical (unpaired) electrons. The molecule has 1 aliphatic rings. The highest BCUT2D eigenvalue weighted by atomic mass is 16.7. The van der Waals surface area contributed by atoms with Crippen LogP contribution in [0.15, 0.2) is 48.2 Å². The lowest BCUT2D eigenvalue weighted by atomic mass is 9.77. The summed E-state index contributed by atoms with van der Waals surface area (Å²) in [7, 11) is 1.31. The van der Waals surface area contributed by atoms with Crippen LogP contribution in [0.4, 0.5) is 4.79 Å². The number of nitrogens with one attached hydrogen (secondary N) is 1. The summed E-state index contributed by atoms with van der Waals surface area (Å²) in [4.78, 5) is 16.5. The first-order valence-corrected chi connectivity index (χ1v) is 9.66. The maximum absolute atomic E-state index is 12.2. The first kappa shape index (κ1) is 21.1. The summed E-state index contributed by atoms with van der Waals surface area (Å²) in [5.41, 5.74) is 0.727. The van der Waals surface area contributed by atoms with Crippen molar-refractivity contribution < 1.29 is 18.8 Å². The summed E-state index contributed by atoms with van der Waals surface area (Å²) in [6.45, 7) is 8.40. The molecule has 29 heavy (non-hydrogen) atoms. The fraction of sp³-hybridized carbons (Fsp3) is 0.429. The highest BCUT2D eigenvalue weighted by molar-refractivity contribution is 6.55. The number of alkyl carbamates (subject to hydrolysis) is 1. The van der Waals surface area contributed by atoms with Gasteiger partial charge in [-0.05, 0) is 44.8 Å². The fourth-order valence-electron chi connectivity index (χ4n) is 2.83. The summed E-state index contributed by atoms with van der Waals surface area (Å²) < 4.78 is 19.5. The Hall–Kier alpha value is -2.58. The second-order valence-corrected chi connectivity index (χ2v) is 8.12. The van der Waals surface area contributed by atoms with Gasteiger partial charge in [-0.2, -0.15) is 0 Å². The zero-order valence-electron chi connectivity index (χ0n) is 17.6. The number of nitrogens with zero attached hydrogens (tertiary/aromatic N) is 2. The van der Waals surface area contributed by atoms with Crippen LogP contribution < -0.4 is 5.32 Å². The van der Waals surface area contributed by atoms with Gasteiger partial charge in [-0.3, -0.25) is 0 Å². The van der Waals surface area contributed by atoms with E-state index in [0.29, 0.717) is 0 Å². The molecular weight excluding hydrogens is 369 g/mol. The third-order valence-corrected chi connectivity index (χ3v) is 5.38. The molecule has 0 atom stereocenters. The van der Waals surface area contributed by atoms with Gasteiger partial charge >= 0.3 is 13.2 Å². The Labute approximate surface area is 172 Å². The molecule has 1 amide bonds. The van der Waals surface area contributed by atoms with Crippen LogP contribution >= 0.6 is 0 Å². The van der Waals surface area contributed by atoms with Crippen LogP contribution in [0.2, 0.25) is 0 Å². The van der Waals surface area contributed by atoms with Crippen LogP contribution in [0, 0.1) is 0 Å². The molecule has 154 valence electrons. The van der Waals surface area contributed by atoms with E-state index >= 15 is 0 Å². The predicted octanol–water partition coefficient (Wildman–Crippen LogP) is 3.36. The van der Waals surface area contributed by atoms with E-state index in [1.54, 1.807) is 6.20 Å². The van der Waals surface area contributed by atoms with Crippen molar-refractivity contribution in [1.82, 2.24) is 14.9 Å². The van der Waals surface area contributed by atoms with Gasteiger partial charge < -0.3 is 23.9 Å². The summed E-state index contributed by atoms with van der Waals surface area (Å²) in [6.07, 6.45) is 4.94. The first-order chi connectivity index (χ1) is 13.7. The number of hydrogen-bond acceptors (Lipinski definition) is 5. The van der Waals surface area contributed by atoms with Gasteiger partial charge in [0.15, 0.2) is 0 Å². The maximum atomic E-state index is 12.2. The Balaban J connectivity index is 1.68. The summed E-state index contributed by atoms with van der Waals surface area (Å²) in [5, 5.41) is 2.79. The van der Waals surface area contributed by atoms with Crippen LogP contribution in [0.5, 0.6) is 0 Å². The Morgan fingerprint density at radius 1 is 1.21 bits per heavy atom. The average Bonchev–Trinajstić information content (AvgIpc) is 3.16. The molecule has 8 heteroatoms. The number of rotatable bonds is 6. The van der Waals surface area contributed by atoms with E-state index in [1.165, 1.54) is 0 Å². The smallest absolute Gasteiger partial charge is 0.445 e.